The molecule has 0 aliphatic heterocycles. The van der Waals surface area contributed by atoms with Crippen LogP contribution < -0.4 is 0 Å². The Labute approximate surface area is 122 Å². The van der Waals surface area contributed by atoms with Gasteiger partial charge in [0.2, 0.25) is 5.91 Å². The van der Waals surface area contributed by atoms with Gasteiger partial charge < -0.3 is 10.0 Å². The van der Waals surface area contributed by atoms with Crippen molar-refractivity contribution in [2.45, 2.75) is 53.4 Å². The van der Waals surface area contributed by atoms with E-state index in [4.69, 9.17) is 0 Å². The SMILES string of the molecule is CC(C)CN(CC(C)C)C(=O)C1CCCCC1C(=O)O. The second-order valence-electron chi connectivity index (χ2n) is 6.87. The van der Waals surface area contributed by atoms with E-state index in [1.807, 2.05) is 4.90 Å². The highest BCUT2D eigenvalue weighted by Gasteiger charge is 2.37. The largest absolute Gasteiger partial charge is 0.481 e. The zero-order valence-corrected chi connectivity index (χ0v) is 13.3. The van der Waals surface area contributed by atoms with E-state index in [2.05, 4.69) is 27.7 Å². The van der Waals surface area contributed by atoms with Crippen molar-refractivity contribution in [3.05, 3.63) is 0 Å². The van der Waals surface area contributed by atoms with Gasteiger partial charge >= 0.3 is 5.97 Å². The third-order valence-corrected chi connectivity index (χ3v) is 3.88. The zero-order valence-electron chi connectivity index (χ0n) is 13.3. The maximum absolute atomic E-state index is 12.7. The van der Waals surface area contributed by atoms with Crippen molar-refractivity contribution < 1.29 is 14.7 Å². The van der Waals surface area contributed by atoms with E-state index < -0.39 is 11.9 Å². The van der Waals surface area contributed by atoms with E-state index in [1.54, 1.807) is 0 Å². The molecule has 0 aromatic rings. The van der Waals surface area contributed by atoms with Crippen LogP contribution in [-0.2, 0) is 9.59 Å². The lowest BCUT2D eigenvalue weighted by Gasteiger charge is -2.34. The number of carboxylic acid groups (broad SMARTS) is 1. The molecular weight excluding hydrogens is 254 g/mol. The lowest BCUT2D eigenvalue weighted by Crippen LogP contribution is -2.45. The van der Waals surface area contributed by atoms with Crippen LogP contribution in [0.4, 0.5) is 0 Å². The first-order valence-corrected chi connectivity index (χ1v) is 7.84. The Kier molecular flexibility index (Phi) is 6.50. The minimum Gasteiger partial charge on any atom is -0.481 e. The van der Waals surface area contributed by atoms with Gasteiger partial charge in [0.1, 0.15) is 0 Å². The lowest BCUT2D eigenvalue weighted by molar-refractivity contribution is -0.152. The fraction of sp³-hybridized carbons (Fsp3) is 0.875. The first kappa shape index (κ1) is 17.0. The molecule has 20 heavy (non-hydrogen) atoms. The molecule has 0 heterocycles. The Morgan fingerprint density at radius 1 is 1.00 bits per heavy atom. The third kappa shape index (κ3) is 4.80. The molecule has 1 rings (SSSR count). The normalized spacial score (nSPS) is 23.1. The van der Waals surface area contributed by atoms with Gasteiger partial charge in [-0.3, -0.25) is 9.59 Å². The van der Waals surface area contributed by atoms with Crippen molar-refractivity contribution in [2.24, 2.45) is 23.7 Å². The van der Waals surface area contributed by atoms with Crippen LogP contribution in [-0.4, -0.2) is 35.0 Å². The van der Waals surface area contributed by atoms with Gasteiger partial charge in [-0.2, -0.15) is 0 Å². The fourth-order valence-corrected chi connectivity index (χ4v) is 3.09. The number of carbonyl (C=O) groups is 2. The van der Waals surface area contributed by atoms with E-state index in [0.29, 0.717) is 18.3 Å². The third-order valence-electron chi connectivity index (χ3n) is 3.88. The maximum Gasteiger partial charge on any atom is 0.307 e. The first-order valence-electron chi connectivity index (χ1n) is 7.84. The topological polar surface area (TPSA) is 57.6 Å². The van der Waals surface area contributed by atoms with Gasteiger partial charge in [0.05, 0.1) is 11.8 Å². The van der Waals surface area contributed by atoms with Gasteiger partial charge in [0.25, 0.3) is 0 Å². The summed E-state index contributed by atoms with van der Waals surface area (Å²) < 4.78 is 0. The predicted octanol–water partition coefficient (Wildman–Crippen LogP) is 3.02. The summed E-state index contributed by atoms with van der Waals surface area (Å²) in [5, 5.41) is 9.33. The first-order chi connectivity index (χ1) is 9.32. The Hall–Kier alpha value is -1.06. The maximum atomic E-state index is 12.7. The van der Waals surface area contributed by atoms with Crippen LogP contribution >= 0.6 is 0 Å². The van der Waals surface area contributed by atoms with Crippen LogP contribution in [0, 0.1) is 23.7 Å². The Bertz CT molecular complexity index is 329. The van der Waals surface area contributed by atoms with Gasteiger partial charge in [-0.1, -0.05) is 40.5 Å². The molecule has 1 aliphatic carbocycles. The lowest BCUT2D eigenvalue weighted by atomic mass is 9.78. The molecule has 0 aromatic heterocycles. The Morgan fingerprint density at radius 2 is 1.45 bits per heavy atom. The van der Waals surface area contributed by atoms with Gasteiger partial charge in [0, 0.05) is 13.1 Å². The quantitative estimate of drug-likeness (QED) is 0.815. The minimum atomic E-state index is -0.808. The highest BCUT2D eigenvalue weighted by molar-refractivity contribution is 5.85. The zero-order chi connectivity index (χ0) is 15.3. The van der Waals surface area contributed by atoms with Crippen LogP contribution in [0.2, 0.25) is 0 Å². The van der Waals surface area contributed by atoms with Gasteiger partial charge in [0.15, 0.2) is 0 Å². The molecule has 2 unspecified atom stereocenters. The average Bonchev–Trinajstić information content (AvgIpc) is 2.36. The number of hydrogen-bond donors (Lipinski definition) is 1. The summed E-state index contributed by atoms with van der Waals surface area (Å²) in [7, 11) is 0. The number of amides is 1. The number of nitrogens with zero attached hydrogens (tertiary/aromatic N) is 1. The average molecular weight is 283 g/mol. The molecule has 2 atom stereocenters. The van der Waals surface area contributed by atoms with Gasteiger partial charge in [-0.05, 0) is 24.7 Å². The molecule has 0 saturated heterocycles. The summed E-state index contributed by atoms with van der Waals surface area (Å²) in [6.45, 7) is 9.82. The van der Waals surface area contributed by atoms with Crippen molar-refractivity contribution in [3.63, 3.8) is 0 Å². The van der Waals surface area contributed by atoms with E-state index in [9.17, 15) is 14.7 Å². The molecule has 1 saturated carbocycles. The highest BCUT2D eigenvalue weighted by Crippen LogP contribution is 2.32. The molecule has 0 spiro atoms. The van der Waals surface area contributed by atoms with Crippen LogP contribution in [0.25, 0.3) is 0 Å². The smallest absolute Gasteiger partial charge is 0.307 e. The molecule has 116 valence electrons. The molecule has 0 aromatic carbocycles. The number of aliphatic carboxylic acids is 1. The van der Waals surface area contributed by atoms with Crippen molar-refractivity contribution in [2.75, 3.05) is 13.1 Å². The molecule has 1 aliphatic rings. The molecule has 1 amide bonds. The van der Waals surface area contributed by atoms with Crippen molar-refractivity contribution in [1.29, 1.82) is 0 Å². The Morgan fingerprint density at radius 3 is 1.85 bits per heavy atom. The molecule has 1 N–H and O–H groups in total. The predicted molar refractivity (Wildman–Crippen MR) is 79.3 cm³/mol. The number of rotatable bonds is 6. The van der Waals surface area contributed by atoms with E-state index in [0.717, 1.165) is 32.4 Å². The van der Waals surface area contributed by atoms with Crippen LogP contribution in [0.15, 0.2) is 0 Å². The molecule has 0 radical (unpaired) electrons. The van der Waals surface area contributed by atoms with Crippen LogP contribution in [0.1, 0.15) is 53.4 Å². The standard InChI is InChI=1S/C16H29NO3/c1-11(2)9-17(10-12(3)4)15(18)13-7-5-6-8-14(13)16(19)20/h11-14H,5-10H2,1-4H3,(H,19,20). The minimum absolute atomic E-state index is 0.0551. The van der Waals surface area contributed by atoms with E-state index >= 15 is 0 Å². The van der Waals surface area contributed by atoms with Crippen LogP contribution in [0.3, 0.4) is 0 Å². The summed E-state index contributed by atoms with van der Waals surface area (Å²) in [5.41, 5.74) is 0. The van der Waals surface area contributed by atoms with Crippen molar-refractivity contribution in [3.8, 4) is 0 Å². The van der Waals surface area contributed by atoms with Crippen LogP contribution in [0.5, 0.6) is 0 Å². The summed E-state index contributed by atoms with van der Waals surface area (Å²) in [5.74, 6) is -0.748. The van der Waals surface area contributed by atoms with E-state index in [1.165, 1.54) is 0 Å². The molecule has 0 bridgehead atoms. The van der Waals surface area contributed by atoms with Gasteiger partial charge in [-0.15, -0.1) is 0 Å². The number of carbonyl (C=O) groups excluding carboxylic acids is 1. The molecule has 4 nitrogen and oxygen atoms in total. The summed E-state index contributed by atoms with van der Waals surface area (Å²) in [4.78, 5) is 26.0. The monoisotopic (exact) mass is 283 g/mol. The van der Waals surface area contributed by atoms with Crippen molar-refractivity contribution >= 4 is 11.9 Å². The molecule has 1 fully saturated rings. The summed E-state index contributed by atoms with van der Waals surface area (Å²) in [6, 6.07) is 0. The summed E-state index contributed by atoms with van der Waals surface area (Å²) in [6.07, 6.45) is 3.26. The highest BCUT2D eigenvalue weighted by atomic mass is 16.4. The van der Waals surface area contributed by atoms with E-state index in [-0.39, 0.29) is 11.8 Å². The molecule has 4 heteroatoms. The molecular formula is C16H29NO3. The summed E-state index contributed by atoms with van der Waals surface area (Å²) >= 11 is 0. The number of carboxylic acids is 1. The second kappa shape index (κ2) is 7.65. The fourth-order valence-electron chi connectivity index (χ4n) is 3.09. The number of hydrogen-bond acceptors (Lipinski definition) is 2. The second-order valence-corrected chi connectivity index (χ2v) is 6.87. The Balaban J connectivity index is 2.82. The van der Waals surface area contributed by atoms with Gasteiger partial charge in [-0.25, -0.2) is 0 Å². The van der Waals surface area contributed by atoms with Crippen molar-refractivity contribution in [1.82, 2.24) is 4.90 Å².